The highest BCUT2D eigenvalue weighted by Gasteiger charge is 2.34. The van der Waals surface area contributed by atoms with Gasteiger partial charge in [0.1, 0.15) is 12.2 Å². The van der Waals surface area contributed by atoms with Crippen molar-refractivity contribution >= 4 is 46.8 Å². The molecule has 0 aromatic heterocycles. The van der Waals surface area contributed by atoms with Crippen LogP contribution in [0.2, 0.25) is 10.0 Å². The molecule has 0 bridgehead atoms. The van der Waals surface area contributed by atoms with Crippen molar-refractivity contribution in [1.29, 1.82) is 0 Å². The number of ether oxygens (including phenoxy) is 1. The Hall–Kier alpha value is -2.94. The van der Waals surface area contributed by atoms with Crippen LogP contribution in [0.15, 0.2) is 48.0 Å². The third-order valence-corrected chi connectivity index (χ3v) is 4.10. The highest BCUT2D eigenvalue weighted by Crippen LogP contribution is 2.35. The maximum absolute atomic E-state index is 12.6. The number of benzene rings is 2. The van der Waals surface area contributed by atoms with Crippen molar-refractivity contribution in [2.75, 3.05) is 11.6 Å². The molecule has 7 heteroatoms. The van der Waals surface area contributed by atoms with Gasteiger partial charge in [-0.1, -0.05) is 47.3 Å². The molecule has 1 heterocycles. The van der Waals surface area contributed by atoms with Crippen LogP contribution in [0.4, 0.5) is 5.69 Å². The molecular weight excluding hydrogens is 375 g/mol. The predicted molar refractivity (Wildman–Crippen MR) is 101 cm³/mol. The first-order valence-electron chi connectivity index (χ1n) is 7.48. The number of para-hydroxylation sites is 1. The second-order valence-electron chi connectivity index (χ2n) is 5.28. The normalized spacial score (nSPS) is 15.1. The van der Waals surface area contributed by atoms with Gasteiger partial charge in [0.15, 0.2) is 5.75 Å². The third-order valence-electron chi connectivity index (χ3n) is 3.54. The standard InChI is InChI=1S/C19H12Cl2N2O3/c1-2-8-26-17-15(20)10-12(11-16(17)21)9-14-18(24)22-23(19(14)25)13-6-4-3-5-7-13/h1,3-7,9-11H,8H2,(H,22,24)/b14-9-. The van der Waals surface area contributed by atoms with Crippen molar-refractivity contribution in [2.24, 2.45) is 0 Å². The van der Waals surface area contributed by atoms with Gasteiger partial charge in [-0.25, -0.2) is 5.01 Å². The summed E-state index contributed by atoms with van der Waals surface area (Å²) in [5, 5.41) is 1.64. The maximum Gasteiger partial charge on any atom is 0.282 e. The largest absolute Gasteiger partial charge is 0.478 e. The minimum Gasteiger partial charge on any atom is -0.478 e. The second kappa shape index (κ2) is 7.52. The van der Waals surface area contributed by atoms with E-state index in [1.807, 2.05) is 6.07 Å². The molecule has 1 aliphatic heterocycles. The van der Waals surface area contributed by atoms with Crippen LogP contribution in [-0.4, -0.2) is 18.4 Å². The fraction of sp³-hybridized carbons (Fsp3) is 0.0526. The summed E-state index contributed by atoms with van der Waals surface area (Å²) in [7, 11) is 0. The number of amides is 2. The summed E-state index contributed by atoms with van der Waals surface area (Å²) < 4.78 is 5.28. The van der Waals surface area contributed by atoms with Gasteiger partial charge in [0.25, 0.3) is 11.8 Å². The van der Waals surface area contributed by atoms with E-state index >= 15 is 0 Å². The molecule has 1 saturated heterocycles. The highest BCUT2D eigenvalue weighted by atomic mass is 35.5. The Labute approximate surface area is 160 Å². The quantitative estimate of drug-likeness (QED) is 0.497. The van der Waals surface area contributed by atoms with Crippen LogP contribution in [0, 0.1) is 12.3 Å². The van der Waals surface area contributed by atoms with Gasteiger partial charge >= 0.3 is 0 Å². The Morgan fingerprint density at radius 3 is 2.42 bits per heavy atom. The zero-order valence-corrected chi connectivity index (χ0v) is 14.8. The van der Waals surface area contributed by atoms with E-state index in [1.165, 1.54) is 23.2 Å². The van der Waals surface area contributed by atoms with Gasteiger partial charge in [0.2, 0.25) is 0 Å². The number of hydrogen-bond acceptors (Lipinski definition) is 3. The van der Waals surface area contributed by atoms with Gasteiger partial charge in [-0.3, -0.25) is 15.0 Å². The second-order valence-corrected chi connectivity index (χ2v) is 6.10. The molecule has 2 aromatic rings. The molecule has 3 rings (SSSR count). The lowest BCUT2D eigenvalue weighted by Gasteiger charge is -2.13. The van der Waals surface area contributed by atoms with E-state index < -0.39 is 11.8 Å². The number of nitrogens with zero attached hydrogens (tertiary/aromatic N) is 1. The lowest BCUT2D eigenvalue weighted by atomic mass is 10.1. The summed E-state index contributed by atoms with van der Waals surface area (Å²) in [5.74, 6) is 1.59. The molecule has 0 saturated carbocycles. The molecule has 5 nitrogen and oxygen atoms in total. The summed E-state index contributed by atoms with van der Waals surface area (Å²) in [6, 6.07) is 11.9. The first-order chi connectivity index (χ1) is 12.5. The van der Waals surface area contributed by atoms with Crippen molar-refractivity contribution in [3.8, 4) is 18.1 Å². The van der Waals surface area contributed by atoms with Crippen LogP contribution in [0.1, 0.15) is 5.56 Å². The molecule has 0 unspecified atom stereocenters. The minimum atomic E-state index is -0.515. The molecule has 130 valence electrons. The van der Waals surface area contributed by atoms with E-state index in [0.717, 1.165) is 0 Å². The Bertz CT molecular complexity index is 926. The van der Waals surface area contributed by atoms with Gasteiger partial charge in [-0.05, 0) is 35.9 Å². The Kier molecular flexibility index (Phi) is 5.17. The lowest BCUT2D eigenvalue weighted by molar-refractivity contribution is -0.117. The number of rotatable bonds is 4. The molecule has 0 spiro atoms. The number of anilines is 1. The first kappa shape index (κ1) is 17.9. The first-order valence-corrected chi connectivity index (χ1v) is 8.24. The van der Waals surface area contributed by atoms with E-state index in [0.29, 0.717) is 11.3 Å². The monoisotopic (exact) mass is 386 g/mol. The van der Waals surface area contributed by atoms with Gasteiger partial charge < -0.3 is 4.74 Å². The molecule has 1 aliphatic rings. The zero-order valence-electron chi connectivity index (χ0n) is 13.3. The van der Waals surface area contributed by atoms with Crippen LogP contribution in [0.25, 0.3) is 6.08 Å². The number of nitrogens with one attached hydrogen (secondary N) is 1. The molecule has 2 aromatic carbocycles. The average Bonchev–Trinajstić information content (AvgIpc) is 2.90. The molecule has 2 amide bonds. The van der Waals surface area contributed by atoms with Crippen molar-refractivity contribution in [1.82, 2.24) is 5.43 Å². The summed E-state index contributed by atoms with van der Waals surface area (Å²) in [6.45, 7) is 0.0206. The Morgan fingerprint density at radius 2 is 1.81 bits per heavy atom. The van der Waals surface area contributed by atoms with Crippen LogP contribution in [0.3, 0.4) is 0 Å². The molecule has 0 atom stereocenters. The summed E-state index contributed by atoms with van der Waals surface area (Å²) in [5.41, 5.74) is 3.54. The van der Waals surface area contributed by atoms with Gasteiger partial charge in [0, 0.05) is 0 Å². The van der Waals surface area contributed by atoms with Crippen LogP contribution >= 0.6 is 23.2 Å². The van der Waals surface area contributed by atoms with E-state index in [-0.39, 0.29) is 28.0 Å². The Morgan fingerprint density at radius 1 is 1.15 bits per heavy atom. The number of hydrazine groups is 1. The lowest BCUT2D eigenvalue weighted by Crippen LogP contribution is -2.35. The van der Waals surface area contributed by atoms with E-state index in [1.54, 1.807) is 24.3 Å². The van der Waals surface area contributed by atoms with Gasteiger partial charge in [0.05, 0.1) is 15.7 Å². The van der Waals surface area contributed by atoms with Crippen LogP contribution < -0.4 is 15.2 Å². The molecular formula is C19H12Cl2N2O3. The SMILES string of the molecule is C#CCOc1c(Cl)cc(/C=C2/C(=O)NN(c3ccccc3)C2=O)cc1Cl. The fourth-order valence-corrected chi connectivity index (χ4v) is 3.01. The third kappa shape index (κ3) is 3.52. The van der Waals surface area contributed by atoms with E-state index in [4.69, 9.17) is 34.4 Å². The molecule has 26 heavy (non-hydrogen) atoms. The van der Waals surface area contributed by atoms with Gasteiger partial charge in [-0.15, -0.1) is 6.42 Å². The number of carbonyl (C=O) groups is 2. The fourth-order valence-electron chi connectivity index (χ4n) is 2.40. The molecule has 1 N–H and O–H groups in total. The smallest absolute Gasteiger partial charge is 0.282 e. The molecule has 0 aliphatic carbocycles. The summed E-state index contributed by atoms with van der Waals surface area (Å²) in [4.78, 5) is 24.8. The van der Waals surface area contributed by atoms with Crippen molar-refractivity contribution in [3.63, 3.8) is 0 Å². The number of carbonyl (C=O) groups excluding carboxylic acids is 2. The predicted octanol–water partition coefficient (Wildman–Crippen LogP) is 3.47. The van der Waals surface area contributed by atoms with Crippen molar-refractivity contribution in [2.45, 2.75) is 0 Å². The Balaban J connectivity index is 1.92. The van der Waals surface area contributed by atoms with Crippen LogP contribution in [0.5, 0.6) is 5.75 Å². The highest BCUT2D eigenvalue weighted by molar-refractivity contribution is 6.37. The molecule has 0 radical (unpaired) electrons. The minimum absolute atomic E-state index is 0.0206. The topological polar surface area (TPSA) is 58.6 Å². The zero-order chi connectivity index (χ0) is 18.7. The maximum atomic E-state index is 12.6. The average molecular weight is 387 g/mol. The number of terminal acetylenes is 1. The van der Waals surface area contributed by atoms with Gasteiger partial charge in [-0.2, -0.15) is 0 Å². The van der Waals surface area contributed by atoms with Crippen LogP contribution in [-0.2, 0) is 9.59 Å². The van der Waals surface area contributed by atoms with Crippen molar-refractivity contribution in [3.05, 3.63) is 63.6 Å². The summed E-state index contributed by atoms with van der Waals surface area (Å²) >= 11 is 12.3. The van der Waals surface area contributed by atoms with E-state index in [9.17, 15) is 9.59 Å². The molecule has 1 fully saturated rings. The number of halogens is 2. The number of hydrogen-bond donors (Lipinski definition) is 1. The van der Waals surface area contributed by atoms with E-state index in [2.05, 4.69) is 11.3 Å². The summed E-state index contributed by atoms with van der Waals surface area (Å²) in [6.07, 6.45) is 6.57. The van der Waals surface area contributed by atoms with Crippen molar-refractivity contribution < 1.29 is 14.3 Å².